The molecule has 0 amide bonds. The molecule has 0 fully saturated rings. The Morgan fingerprint density at radius 2 is 2.25 bits per heavy atom. The summed E-state index contributed by atoms with van der Waals surface area (Å²) in [5.74, 6) is 0.619. The van der Waals surface area contributed by atoms with Gasteiger partial charge in [-0.05, 0) is 12.1 Å². The molecule has 0 radical (unpaired) electrons. The Balaban J connectivity index is 2.47. The van der Waals surface area contributed by atoms with Crippen molar-refractivity contribution in [2.24, 2.45) is 0 Å². The van der Waals surface area contributed by atoms with E-state index in [9.17, 15) is 5.11 Å². The summed E-state index contributed by atoms with van der Waals surface area (Å²) >= 11 is 1.48. The summed E-state index contributed by atoms with van der Waals surface area (Å²) in [6.07, 6.45) is 1.73. The molecule has 0 atom stereocenters. The predicted octanol–water partition coefficient (Wildman–Crippen LogP) is 2.57. The number of thiazole rings is 1. The van der Waals surface area contributed by atoms with Gasteiger partial charge in [0.15, 0.2) is 16.6 Å². The van der Waals surface area contributed by atoms with Crippen LogP contribution < -0.4 is 10.1 Å². The summed E-state index contributed by atoms with van der Waals surface area (Å²) in [7, 11) is 3.35. The molecule has 4 nitrogen and oxygen atoms in total. The Bertz CT molecular complexity index is 496. The van der Waals surface area contributed by atoms with E-state index in [0.717, 1.165) is 15.6 Å². The summed E-state index contributed by atoms with van der Waals surface area (Å²) in [4.78, 5) is 5.07. The quantitative estimate of drug-likeness (QED) is 0.860. The number of hydrogen-bond acceptors (Lipinski definition) is 5. The van der Waals surface area contributed by atoms with Crippen molar-refractivity contribution >= 4 is 16.5 Å². The van der Waals surface area contributed by atoms with Gasteiger partial charge in [-0.15, -0.1) is 0 Å². The van der Waals surface area contributed by atoms with Crippen molar-refractivity contribution in [1.82, 2.24) is 4.98 Å². The normalized spacial score (nSPS) is 10.1. The zero-order chi connectivity index (χ0) is 11.5. The molecule has 0 aliphatic heterocycles. The smallest absolute Gasteiger partial charge is 0.182 e. The maximum absolute atomic E-state index is 9.96. The van der Waals surface area contributed by atoms with Gasteiger partial charge in [0.2, 0.25) is 0 Å². The topological polar surface area (TPSA) is 54.4 Å². The Kier molecular flexibility index (Phi) is 2.96. The second-order valence-corrected chi connectivity index (χ2v) is 4.17. The molecule has 0 bridgehead atoms. The molecule has 0 aliphatic rings. The first-order chi connectivity index (χ1) is 7.76. The summed E-state index contributed by atoms with van der Waals surface area (Å²) < 4.78 is 5.06. The minimum absolute atomic E-state index is 0.149. The van der Waals surface area contributed by atoms with Gasteiger partial charge in [-0.3, -0.25) is 0 Å². The van der Waals surface area contributed by atoms with Crippen molar-refractivity contribution in [2.75, 3.05) is 19.5 Å². The highest BCUT2D eigenvalue weighted by molar-refractivity contribution is 7.18. The van der Waals surface area contributed by atoms with Crippen LogP contribution >= 0.6 is 11.3 Å². The fraction of sp³-hybridized carbons (Fsp3) is 0.182. The van der Waals surface area contributed by atoms with Gasteiger partial charge in [0.1, 0.15) is 0 Å². The van der Waals surface area contributed by atoms with Gasteiger partial charge in [0, 0.05) is 18.8 Å². The maximum atomic E-state index is 9.96. The van der Waals surface area contributed by atoms with E-state index in [-0.39, 0.29) is 5.75 Å². The number of nitrogens with one attached hydrogen (secondary N) is 1. The first kappa shape index (κ1) is 10.8. The fourth-order valence-electron chi connectivity index (χ4n) is 1.40. The molecule has 0 aliphatic carbocycles. The van der Waals surface area contributed by atoms with Crippen molar-refractivity contribution in [3.63, 3.8) is 0 Å². The lowest BCUT2D eigenvalue weighted by Gasteiger charge is -2.06. The van der Waals surface area contributed by atoms with Gasteiger partial charge in [0.25, 0.3) is 0 Å². The van der Waals surface area contributed by atoms with E-state index in [1.165, 1.54) is 18.4 Å². The average molecular weight is 236 g/mol. The number of hydrogen-bond donors (Lipinski definition) is 2. The van der Waals surface area contributed by atoms with Crippen LogP contribution in [0.2, 0.25) is 0 Å². The van der Waals surface area contributed by atoms with E-state index < -0.39 is 0 Å². The lowest BCUT2D eigenvalue weighted by molar-refractivity contribution is 0.374. The summed E-state index contributed by atoms with van der Waals surface area (Å²) in [6.45, 7) is 0. The minimum atomic E-state index is 0.149. The molecule has 1 aromatic heterocycles. The number of aromatic hydroxyl groups is 1. The Morgan fingerprint density at radius 1 is 1.44 bits per heavy atom. The van der Waals surface area contributed by atoms with Crippen LogP contribution in [0.3, 0.4) is 0 Å². The number of para-hydroxylation sites is 1. The molecule has 1 aromatic carbocycles. The molecule has 5 heteroatoms. The van der Waals surface area contributed by atoms with Crippen molar-refractivity contribution in [3.8, 4) is 21.9 Å². The minimum Gasteiger partial charge on any atom is -0.504 e. The van der Waals surface area contributed by atoms with Gasteiger partial charge in [-0.1, -0.05) is 17.4 Å². The standard InChI is InChI=1S/C11H12N2O2S/c1-12-11-13-6-9(16-11)7-4-3-5-8(15-2)10(7)14/h3-6,14H,1-2H3,(H,12,13). The molecular weight excluding hydrogens is 224 g/mol. The van der Waals surface area contributed by atoms with Crippen molar-refractivity contribution in [2.45, 2.75) is 0 Å². The maximum Gasteiger partial charge on any atom is 0.182 e. The van der Waals surface area contributed by atoms with Gasteiger partial charge < -0.3 is 15.2 Å². The number of anilines is 1. The van der Waals surface area contributed by atoms with Crippen molar-refractivity contribution in [1.29, 1.82) is 0 Å². The van der Waals surface area contributed by atoms with Crippen molar-refractivity contribution < 1.29 is 9.84 Å². The molecule has 16 heavy (non-hydrogen) atoms. The number of ether oxygens (including phenoxy) is 1. The average Bonchev–Trinajstić information content (AvgIpc) is 2.78. The fourth-order valence-corrected chi connectivity index (χ4v) is 2.20. The van der Waals surface area contributed by atoms with Gasteiger partial charge in [0.05, 0.1) is 12.0 Å². The Hall–Kier alpha value is -1.75. The third-order valence-electron chi connectivity index (χ3n) is 2.20. The van der Waals surface area contributed by atoms with E-state index in [1.807, 2.05) is 19.2 Å². The number of phenols is 1. The highest BCUT2D eigenvalue weighted by atomic mass is 32.1. The second kappa shape index (κ2) is 4.40. The van der Waals surface area contributed by atoms with E-state index >= 15 is 0 Å². The van der Waals surface area contributed by atoms with Crippen molar-refractivity contribution in [3.05, 3.63) is 24.4 Å². The SMILES string of the molecule is CNc1ncc(-c2cccc(OC)c2O)s1. The summed E-state index contributed by atoms with van der Waals surface area (Å²) in [6, 6.07) is 5.40. The predicted molar refractivity (Wildman–Crippen MR) is 65.3 cm³/mol. The summed E-state index contributed by atoms with van der Waals surface area (Å²) in [5.41, 5.74) is 0.735. The number of methoxy groups -OCH3 is 1. The largest absolute Gasteiger partial charge is 0.504 e. The molecule has 2 aromatic rings. The number of nitrogens with zero attached hydrogens (tertiary/aromatic N) is 1. The molecule has 84 valence electrons. The van der Waals surface area contributed by atoms with Gasteiger partial charge in [-0.25, -0.2) is 4.98 Å². The van der Waals surface area contributed by atoms with E-state index in [4.69, 9.17) is 4.74 Å². The van der Waals surface area contributed by atoms with E-state index in [1.54, 1.807) is 12.3 Å². The van der Waals surface area contributed by atoms with Crippen LogP contribution in [0.25, 0.3) is 10.4 Å². The molecular formula is C11H12N2O2S. The van der Waals surface area contributed by atoms with Crippen LogP contribution in [0.15, 0.2) is 24.4 Å². The zero-order valence-corrected chi connectivity index (χ0v) is 9.84. The zero-order valence-electron chi connectivity index (χ0n) is 9.02. The molecule has 2 rings (SSSR count). The van der Waals surface area contributed by atoms with Crippen LogP contribution in [-0.2, 0) is 0 Å². The molecule has 0 spiro atoms. The Labute approximate surface area is 97.5 Å². The first-order valence-electron chi connectivity index (χ1n) is 4.76. The van der Waals surface area contributed by atoms with Crippen LogP contribution in [0.4, 0.5) is 5.13 Å². The van der Waals surface area contributed by atoms with E-state index in [0.29, 0.717) is 5.75 Å². The number of benzene rings is 1. The van der Waals surface area contributed by atoms with Gasteiger partial charge in [-0.2, -0.15) is 0 Å². The molecule has 0 saturated heterocycles. The second-order valence-electron chi connectivity index (χ2n) is 3.14. The van der Waals surface area contributed by atoms with Crippen LogP contribution in [0.5, 0.6) is 11.5 Å². The Morgan fingerprint density at radius 3 is 2.88 bits per heavy atom. The third kappa shape index (κ3) is 1.81. The highest BCUT2D eigenvalue weighted by Gasteiger charge is 2.11. The van der Waals surface area contributed by atoms with Gasteiger partial charge >= 0.3 is 0 Å². The van der Waals surface area contributed by atoms with Crippen LogP contribution in [0, 0.1) is 0 Å². The number of rotatable bonds is 3. The van der Waals surface area contributed by atoms with E-state index in [2.05, 4.69) is 10.3 Å². The lowest BCUT2D eigenvalue weighted by Crippen LogP contribution is -1.84. The lowest BCUT2D eigenvalue weighted by atomic mass is 10.1. The highest BCUT2D eigenvalue weighted by Crippen LogP contribution is 2.39. The summed E-state index contributed by atoms with van der Waals surface area (Å²) in [5, 5.41) is 13.7. The molecule has 0 saturated carbocycles. The number of aromatic nitrogens is 1. The molecule has 0 unspecified atom stereocenters. The molecule has 2 N–H and O–H groups in total. The van der Waals surface area contributed by atoms with Crippen LogP contribution in [0.1, 0.15) is 0 Å². The molecule has 1 heterocycles. The first-order valence-corrected chi connectivity index (χ1v) is 5.58. The van der Waals surface area contributed by atoms with Crippen LogP contribution in [-0.4, -0.2) is 24.2 Å². The number of phenolic OH excluding ortho intramolecular Hbond substituents is 1. The monoisotopic (exact) mass is 236 g/mol. The third-order valence-corrected chi connectivity index (χ3v) is 3.25.